The number of para-hydroxylation sites is 2. The maximum absolute atomic E-state index is 12.0. The van der Waals surface area contributed by atoms with Crippen LogP contribution in [0.15, 0.2) is 24.3 Å². The summed E-state index contributed by atoms with van der Waals surface area (Å²) in [4.78, 5) is 12.0. The Morgan fingerprint density at radius 1 is 1.50 bits per heavy atom. The Kier molecular flexibility index (Phi) is 7.36. The number of halogens is 1. The highest BCUT2D eigenvalue weighted by molar-refractivity contribution is 5.92. The van der Waals surface area contributed by atoms with Crippen LogP contribution in [0.3, 0.4) is 0 Å². The molecule has 20 heavy (non-hydrogen) atoms. The summed E-state index contributed by atoms with van der Waals surface area (Å²) in [6, 6.07) is 7.44. The highest BCUT2D eigenvalue weighted by atomic mass is 35.5. The third-order valence-electron chi connectivity index (χ3n) is 2.88. The monoisotopic (exact) mass is 300 g/mol. The molecular formula is C14H21ClN2O3. The first-order chi connectivity index (χ1) is 9.29. The predicted molar refractivity (Wildman–Crippen MR) is 80.7 cm³/mol. The molecule has 0 aromatic heterocycles. The zero-order valence-corrected chi connectivity index (χ0v) is 12.4. The molecule has 112 valence electrons. The highest BCUT2D eigenvalue weighted by Gasteiger charge is 2.18. The zero-order valence-electron chi connectivity index (χ0n) is 11.6. The van der Waals surface area contributed by atoms with Crippen molar-refractivity contribution in [1.29, 1.82) is 0 Å². The maximum atomic E-state index is 12.0. The van der Waals surface area contributed by atoms with E-state index < -0.39 is 0 Å². The number of ether oxygens (including phenoxy) is 2. The number of carbonyl (C=O) groups excluding carboxylic acids is 1. The quantitative estimate of drug-likeness (QED) is 0.871. The van der Waals surface area contributed by atoms with Gasteiger partial charge < -0.3 is 20.1 Å². The van der Waals surface area contributed by atoms with E-state index in [1.54, 1.807) is 0 Å². The number of anilines is 1. The van der Waals surface area contributed by atoms with E-state index >= 15 is 0 Å². The first-order valence-electron chi connectivity index (χ1n) is 6.63. The second-order valence-electron chi connectivity index (χ2n) is 4.38. The molecule has 1 heterocycles. The van der Waals surface area contributed by atoms with Gasteiger partial charge in [-0.3, -0.25) is 4.79 Å². The fraction of sp³-hybridized carbons (Fsp3) is 0.500. The van der Waals surface area contributed by atoms with Crippen molar-refractivity contribution in [2.24, 2.45) is 0 Å². The average molecular weight is 301 g/mol. The molecular weight excluding hydrogens is 280 g/mol. The molecule has 1 atom stereocenters. The van der Waals surface area contributed by atoms with E-state index in [0.29, 0.717) is 31.1 Å². The zero-order chi connectivity index (χ0) is 13.5. The lowest BCUT2D eigenvalue weighted by Gasteiger charge is -2.23. The maximum Gasteiger partial charge on any atom is 0.227 e. The van der Waals surface area contributed by atoms with Crippen LogP contribution in [0.4, 0.5) is 5.69 Å². The number of morpholine rings is 1. The van der Waals surface area contributed by atoms with Gasteiger partial charge in [0.15, 0.2) is 0 Å². The lowest BCUT2D eigenvalue weighted by Crippen LogP contribution is -2.40. The second-order valence-corrected chi connectivity index (χ2v) is 4.38. The largest absolute Gasteiger partial charge is 0.492 e. The molecule has 1 aliphatic heterocycles. The van der Waals surface area contributed by atoms with Gasteiger partial charge in [0.05, 0.1) is 31.4 Å². The number of nitrogens with one attached hydrogen (secondary N) is 2. The summed E-state index contributed by atoms with van der Waals surface area (Å²) in [7, 11) is 0. The fourth-order valence-electron chi connectivity index (χ4n) is 2.01. The standard InChI is InChI=1S/C14H20N2O3.ClH/c1-2-18-13-6-4-3-5-12(13)16-14(17)9-11-10-15-7-8-19-11;/h3-6,11,15H,2,7-10H2,1H3,(H,16,17);1H. The first kappa shape index (κ1) is 16.8. The number of rotatable bonds is 5. The van der Waals surface area contributed by atoms with Crippen molar-refractivity contribution in [3.8, 4) is 5.75 Å². The molecule has 6 heteroatoms. The van der Waals surface area contributed by atoms with Crippen LogP contribution >= 0.6 is 12.4 Å². The predicted octanol–water partition coefficient (Wildman–Crippen LogP) is 1.82. The molecule has 1 saturated heterocycles. The van der Waals surface area contributed by atoms with Crippen LogP contribution < -0.4 is 15.4 Å². The number of carbonyl (C=O) groups is 1. The van der Waals surface area contributed by atoms with E-state index in [2.05, 4.69) is 10.6 Å². The second kappa shape index (κ2) is 8.79. The lowest BCUT2D eigenvalue weighted by atomic mass is 10.2. The van der Waals surface area contributed by atoms with Gasteiger partial charge in [0, 0.05) is 13.1 Å². The Labute approximate surface area is 125 Å². The minimum atomic E-state index is -0.0548. The van der Waals surface area contributed by atoms with Crippen molar-refractivity contribution >= 4 is 24.0 Å². The van der Waals surface area contributed by atoms with Gasteiger partial charge >= 0.3 is 0 Å². The van der Waals surface area contributed by atoms with Crippen molar-refractivity contribution in [3.63, 3.8) is 0 Å². The van der Waals surface area contributed by atoms with Crippen LogP contribution in [0, 0.1) is 0 Å². The molecule has 0 spiro atoms. The summed E-state index contributed by atoms with van der Waals surface area (Å²) < 4.78 is 11.0. The molecule has 2 N–H and O–H groups in total. The van der Waals surface area contributed by atoms with E-state index in [1.807, 2.05) is 31.2 Å². The minimum absolute atomic E-state index is 0. The lowest BCUT2D eigenvalue weighted by molar-refractivity contribution is -0.119. The molecule has 0 radical (unpaired) electrons. The molecule has 1 amide bonds. The van der Waals surface area contributed by atoms with Crippen LogP contribution in [0.25, 0.3) is 0 Å². The molecule has 5 nitrogen and oxygen atoms in total. The molecule has 0 saturated carbocycles. The van der Waals surface area contributed by atoms with Crippen LogP contribution in [0.5, 0.6) is 5.75 Å². The number of benzene rings is 1. The molecule has 0 bridgehead atoms. The van der Waals surface area contributed by atoms with Crippen LogP contribution in [-0.2, 0) is 9.53 Å². The Hall–Kier alpha value is -1.30. The van der Waals surface area contributed by atoms with E-state index in [9.17, 15) is 4.79 Å². The van der Waals surface area contributed by atoms with Crippen LogP contribution in [0.2, 0.25) is 0 Å². The number of amides is 1. The average Bonchev–Trinajstić information content (AvgIpc) is 2.42. The van der Waals surface area contributed by atoms with Gasteiger partial charge in [-0.15, -0.1) is 12.4 Å². The van der Waals surface area contributed by atoms with E-state index in [4.69, 9.17) is 9.47 Å². The van der Waals surface area contributed by atoms with Crippen molar-refractivity contribution in [3.05, 3.63) is 24.3 Å². The minimum Gasteiger partial charge on any atom is -0.492 e. The third kappa shape index (κ3) is 5.00. The van der Waals surface area contributed by atoms with Gasteiger partial charge in [0.25, 0.3) is 0 Å². The van der Waals surface area contributed by atoms with E-state index in [0.717, 1.165) is 13.1 Å². The molecule has 1 aliphatic rings. The SMILES string of the molecule is CCOc1ccccc1NC(=O)CC1CNCCO1.Cl. The molecule has 2 rings (SSSR count). The molecule has 1 aromatic rings. The Morgan fingerprint density at radius 3 is 3.00 bits per heavy atom. The number of hydrogen-bond acceptors (Lipinski definition) is 4. The summed E-state index contributed by atoms with van der Waals surface area (Å²) >= 11 is 0. The van der Waals surface area contributed by atoms with Crippen LogP contribution in [0.1, 0.15) is 13.3 Å². The van der Waals surface area contributed by atoms with Crippen LogP contribution in [-0.4, -0.2) is 38.3 Å². The smallest absolute Gasteiger partial charge is 0.227 e. The molecule has 1 unspecified atom stereocenters. The topological polar surface area (TPSA) is 59.6 Å². The highest BCUT2D eigenvalue weighted by Crippen LogP contribution is 2.23. The van der Waals surface area contributed by atoms with Gasteiger partial charge in [0.1, 0.15) is 5.75 Å². The van der Waals surface area contributed by atoms with Crippen molar-refractivity contribution in [2.75, 3.05) is 31.6 Å². The summed E-state index contributed by atoms with van der Waals surface area (Å²) in [5.41, 5.74) is 0.707. The van der Waals surface area contributed by atoms with E-state index in [-0.39, 0.29) is 24.4 Å². The summed E-state index contributed by atoms with van der Waals surface area (Å²) in [5, 5.41) is 6.08. The third-order valence-corrected chi connectivity index (χ3v) is 2.88. The van der Waals surface area contributed by atoms with Crippen molar-refractivity contribution < 1.29 is 14.3 Å². The van der Waals surface area contributed by atoms with Gasteiger partial charge in [-0.1, -0.05) is 12.1 Å². The van der Waals surface area contributed by atoms with Crippen molar-refractivity contribution in [2.45, 2.75) is 19.4 Å². The molecule has 1 aromatic carbocycles. The normalized spacial score (nSPS) is 17.9. The van der Waals surface area contributed by atoms with Crippen molar-refractivity contribution in [1.82, 2.24) is 5.32 Å². The van der Waals surface area contributed by atoms with Gasteiger partial charge in [-0.05, 0) is 19.1 Å². The Balaban J connectivity index is 0.00000200. The van der Waals surface area contributed by atoms with Gasteiger partial charge in [0.2, 0.25) is 5.91 Å². The summed E-state index contributed by atoms with van der Waals surface area (Å²) in [6.07, 6.45) is 0.306. The number of hydrogen-bond donors (Lipinski definition) is 2. The fourth-order valence-corrected chi connectivity index (χ4v) is 2.01. The van der Waals surface area contributed by atoms with E-state index in [1.165, 1.54) is 0 Å². The summed E-state index contributed by atoms with van der Waals surface area (Å²) in [5.74, 6) is 0.641. The Bertz CT molecular complexity index is 423. The Morgan fingerprint density at radius 2 is 2.30 bits per heavy atom. The molecule has 0 aliphatic carbocycles. The van der Waals surface area contributed by atoms with Gasteiger partial charge in [-0.25, -0.2) is 0 Å². The summed E-state index contributed by atoms with van der Waals surface area (Å²) in [6.45, 7) is 4.72. The van der Waals surface area contributed by atoms with Gasteiger partial charge in [-0.2, -0.15) is 0 Å². The molecule has 1 fully saturated rings. The first-order valence-corrected chi connectivity index (χ1v) is 6.63.